The molecule has 0 bridgehead atoms. The van der Waals surface area contributed by atoms with Crippen molar-refractivity contribution in [1.29, 1.82) is 0 Å². The number of nitrogens with two attached hydrogens (primary N) is 2. The first-order valence-corrected chi connectivity index (χ1v) is 34.0. The summed E-state index contributed by atoms with van der Waals surface area (Å²) in [7, 11) is 3.22. The first kappa shape index (κ1) is 75.5. The minimum atomic E-state index is -0.902. The minimum absolute atomic E-state index is 0. The molecule has 2 aromatic heterocycles. The Kier molecular flexibility index (Phi) is 29.7. The number of amides is 2. The Bertz CT molecular complexity index is 4320. The standard InChI is InChI=1S/C31H36N6O3.C27H29N5O.C14H11NO5S.C3H9NO.CH4/c1-40-19-15-33-31(39)34-21-23-7-10-28(11-8-23)37-18-14-32-29(30(37)38)35-27-12-16-36(17-13-27)22-24-6-9-25-4-2-3-5-26(25)20-24;28-18-20-6-9-25(10-7-20)32-16-13-29-26(27(32)33)30-24-11-14-31(15-12-24)19-21-5-8-22-3-1-2-4-23(22)17-21;1-21-13-8-6-12(7-9-13)20-14(16)19-11-4-2-10(3-5-11)15(17)18;1-5-3-2-4;/h2-11,14,18,20,27H,12-13,15-17,19,21-22H2,1H3,(H,32,35)(H2,33,34,39);1-10,13,16-17,24H,11-12,14-15,18-19,28H2,(H,29,30);2-9H,1H3;2-4H2,1H3;1H4. The lowest BCUT2D eigenvalue weighted by Gasteiger charge is -2.32. The van der Waals surface area contributed by atoms with E-state index in [2.05, 4.69) is 131 Å². The number of anilines is 2. The molecule has 23 nitrogen and oxygen atoms in total. The third-order valence-electron chi connectivity index (χ3n) is 16.5. The summed E-state index contributed by atoms with van der Waals surface area (Å²) in [5, 5.41) is 27.9. The van der Waals surface area contributed by atoms with E-state index in [1.54, 1.807) is 72.0 Å². The summed E-state index contributed by atoms with van der Waals surface area (Å²) in [5.74, 6) is 1.31. The maximum Gasteiger partial charge on any atom is 0.519 e. The fraction of sp³-hybridized carbons (Fsp3) is 0.289. The number of nitrogens with zero attached hydrogens (tertiary/aromatic N) is 7. The van der Waals surface area contributed by atoms with Crippen molar-refractivity contribution < 1.29 is 33.5 Å². The molecule has 24 heteroatoms. The number of rotatable bonds is 22. The Morgan fingerprint density at radius 2 is 1.01 bits per heavy atom. The topological polar surface area (TPSA) is 291 Å². The maximum atomic E-state index is 13.2. The van der Waals surface area contributed by atoms with Crippen LogP contribution in [0.25, 0.3) is 32.9 Å². The Balaban J connectivity index is 0.000000191. The average Bonchev–Trinajstić information content (AvgIpc) is 0.843. The molecule has 524 valence electrons. The van der Waals surface area contributed by atoms with Gasteiger partial charge in [-0.2, -0.15) is 0 Å². The number of non-ortho nitro benzene ring substituents is 1. The second-order valence-corrected chi connectivity index (χ2v) is 24.3. The number of piperidine rings is 2. The molecule has 100 heavy (non-hydrogen) atoms. The molecule has 0 aliphatic carbocycles. The van der Waals surface area contributed by atoms with Gasteiger partial charge in [0, 0.05) is 145 Å². The van der Waals surface area contributed by atoms with E-state index in [9.17, 15) is 29.3 Å². The monoisotopic (exact) mass is 1380 g/mol. The number of hydrogen-bond acceptors (Lipinski definition) is 19. The van der Waals surface area contributed by atoms with Gasteiger partial charge in [-0.1, -0.05) is 104 Å². The number of benzene rings is 8. The summed E-state index contributed by atoms with van der Waals surface area (Å²) in [6.07, 6.45) is 11.6. The lowest BCUT2D eigenvalue weighted by molar-refractivity contribution is -0.384. The number of likely N-dealkylation sites (tertiary alicyclic amines) is 2. The van der Waals surface area contributed by atoms with Crippen LogP contribution in [-0.4, -0.2) is 131 Å². The Labute approximate surface area is 587 Å². The third-order valence-corrected chi connectivity index (χ3v) is 17.3. The zero-order chi connectivity index (χ0) is 69.7. The van der Waals surface area contributed by atoms with Gasteiger partial charge >= 0.3 is 12.2 Å². The highest BCUT2D eigenvalue weighted by Gasteiger charge is 2.23. The Hall–Kier alpha value is -10.3. The number of thioether (sulfide) groups is 1. The van der Waals surface area contributed by atoms with Gasteiger partial charge in [0.15, 0.2) is 11.6 Å². The summed E-state index contributed by atoms with van der Waals surface area (Å²) in [6, 6.07) is 57.9. The summed E-state index contributed by atoms with van der Waals surface area (Å²) in [4.78, 5) is 74.3. The van der Waals surface area contributed by atoms with Crippen molar-refractivity contribution in [2.75, 3.05) is 83.6 Å². The predicted octanol–water partition coefficient (Wildman–Crippen LogP) is 12.0. The zero-order valence-electron chi connectivity index (χ0n) is 55.9. The lowest BCUT2D eigenvalue weighted by atomic mass is 10.0. The molecule has 12 rings (SSSR count). The second-order valence-electron chi connectivity index (χ2n) is 23.5. The maximum absolute atomic E-state index is 13.2. The van der Waals surface area contributed by atoms with E-state index in [1.165, 1.54) is 56.9 Å². The normalized spacial score (nSPS) is 13.2. The molecule has 0 saturated carbocycles. The molecule has 2 saturated heterocycles. The van der Waals surface area contributed by atoms with E-state index in [1.807, 2.05) is 66.9 Å². The van der Waals surface area contributed by atoms with Gasteiger partial charge < -0.3 is 51.7 Å². The number of methoxy groups -OCH3 is 2. The molecule has 2 aliphatic heterocycles. The van der Waals surface area contributed by atoms with Crippen molar-refractivity contribution in [3.05, 3.63) is 260 Å². The van der Waals surface area contributed by atoms with Crippen LogP contribution < -0.4 is 53.3 Å². The van der Waals surface area contributed by atoms with Gasteiger partial charge in [-0.15, -0.1) is 11.8 Å². The Morgan fingerprint density at radius 1 is 0.570 bits per heavy atom. The van der Waals surface area contributed by atoms with Crippen molar-refractivity contribution in [2.45, 2.75) is 76.3 Å². The van der Waals surface area contributed by atoms with E-state index >= 15 is 0 Å². The molecule has 0 unspecified atom stereocenters. The number of fused-ring (bicyclic) bond motifs is 2. The number of carbonyl (C=O) groups excluding carboxylic acids is 2. The number of nitrogens with one attached hydrogen (secondary N) is 4. The van der Waals surface area contributed by atoms with Crippen molar-refractivity contribution >= 4 is 62.8 Å². The number of nitro groups is 1. The van der Waals surface area contributed by atoms with Crippen LogP contribution in [0.15, 0.2) is 221 Å². The van der Waals surface area contributed by atoms with E-state index in [4.69, 9.17) is 25.7 Å². The van der Waals surface area contributed by atoms with Crippen LogP contribution in [-0.2, 0) is 35.7 Å². The molecule has 4 heterocycles. The molecule has 10 aromatic rings. The fourth-order valence-electron chi connectivity index (χ4n) is 11.2. The van der Waals surface area contributed by atoms with Crippen molar-refractivity contribution in [1.82, 2.24) is 39.5 Å². The number of aromatic nitrogens is 4. The van der Waals surface area contributed by atoms with E-state index < -0.39 is 11.1 Å². The second kappa shape index (κ2) is 39.3. The van der Waals surface area contributed by atoms with Crippen molar-refractivity contribution in [2.24, 2.45) is 11.5 Å². The van der Waals surface area contributed by atoms with Crippen molar-refractivity contribution in [3.63, 3.8) is 0 Å². The third kappa shape index (κ3) is 22.9. The number of ether oxygens (including phenoxy) is 4. The smallest absolute Gasteiger partial charge is 0.395 e. The summed E-state index contributed by atoms with van der Waals surface area (Å²) >= 11 is 1.58. The van der Waals surface area contributed by atoms with Gasteiger partial charge in [0.05, 0.1) is 18.1 Å². The highest BCUT2D eigenvalue weighted by atomic mass is 32.2. The number of carbonyl (C=O) groups is 2. The van der Waals surface area contributed by atoms with Crippen LogP contribution >= 0.6 is 11.8 Å². The first-order valence-electron chi connectivity index (χ1n) is 32.7. The molecule has 8 N–H and O–H groups in total. The van der Waals surface area contributed by atoms with Gasteiger partial charge in [-0.3, -0.25) is 38.6 Å². The van der Waals surface area contributed by atoms with E-state index in [0.717, 1.165) is 92.3 Å². The fourth-order valence-corrected chi connectivity index (χ4v) is 11.6. The highest BCUT2D eigenvalue weighted by molar-refractivity contribution is 7.98. The van der Waals surface area contributed by atoms with Gasteiger partial charge in [0.1, 0.15) is 11.5 Å². The zero-order valence-corrected chi connectivity index (χ0v) is 56.7. The van der Waals surface area contributed by atoms with Crippen LogP contribution in [0.4, 0.5) is 26.9 Å². The summed E-state index contributed by atoms with van der Waals surface area (Å²) in [6.45, 7) is 8.86. The lowest BCUT2D eigenvalue weighted by Crippen LogP contribution is -2.40. The summed E-state index contributed by atoms with van der Waals surface area (Å²) < 4.78 is 22.6. The van der Waals surface area contributed by atoms with Crippen LogP contribution in [0.2, 0.25) is 0 Å². The number of hydrogen-bond donors (Lipinski definition) is 6. The van der Waals surface area contributed by atoms with Crippen LogP contribution in [0.1, 0.15) is 55.4 Å². The molecule has 2 fully saturated rings. The average molecular weight is 1380 g/mol. The minimum Gasteiger partial charge on any atom is -0.395 e. The SMILES string of the molecule is C.COCCN.COCCNC(=O)NCc1ccc(-n2ccnc(NC3CCN(Cc4ccc5ccccc5c4)CC3)c2=O)cc1.CSc1ccc(OC(=O)Oc2ccc([N+](=O)[O-])cc2)cc1.NCc1ccc(-n2ccnc(NC3CCN(Cc4ccc5ccccc5c4)CC3)c2=O)cc1. The van der Waals surface area contributed by atoms with Crippen molar-refractivity contribution in [3.8, 4) is 22.9 Å². The number of urea groups is 1. The number of nitro benzene ring substituents is 1. The van der Waals surface area contributed by atoms with Crippen LogP contribution in [0.3, 0.4) is 0 Å². The van der Waals surface area contributed by atoms with Crippen LogP contribution in [0.5, 0.6) is 11.5 Å². The molecule has 8 aromatic carbocycles. The molecule has 2 aliphatic rings. The molecule has 0 spiro atoms. The quantitative estimate of drug-likeness (QED) is 0.00918. The molecule has 2 amide bonds. The van der Waals surface area contributed by atoms with E-state index in [0.29, 0.717) is 56.8 Å². The summed E-state index contributed by atoms with van der Waals surface area (Å²) in [5.41, 5.74) is 16.5. The van der Waals surface area contributed by atoms with E-state index in [-0.39, 0.29) is 48.1 Å². The van der Waals surface area contributed by atoms with Gasteiger partial charge in [-0.05, 0) is 149 Å². The van der Waals surface area contributed by atoms with Gasteiger partial charge in [0.25, 0.3) is 16.8 Å². The van der Waals surface area contributed by atoms with Gasteiger partial charge in [0.2, 0.25) is 0 Å². The molecule has 0 atom stereocenters. The Morgan fingerprint density at radius 3 is 1.43 bits per heavy atom. The highest BCUT2D eigenvalue weighted by Crippen LogP contribution is 2.25. The first-order chi connectivity index (χ1) is 48.3. The molecular formula is C76H89N13O10S. The van der Waals surface area contributed by atoms with Gasteiger partial charge in [-0.25, -0.2) is 19.6 Å². The molecular weight excluding hydrogens is 1290 g/mol. The predicted molar refractivity (Wildman–Crippen MR) is 397 cm³/mol. The van der Waals surface area contributed by atoms with Crippen LogP contribution in [0, 0.1) is 10.1 Å². The molecule has 0 radical (unpaired) electrons. The largest absolute Gasteiger partial charge is 0.519 e.